The summed E-state index contributed by atoms with van der Waals surface area (Å²) in [4.78, 5) is 25.4. The van der Waals surface area contributed by atoms with Gasteiger partial charge in [0, 0.05) is 11.1 Å². The van der Waals surface area contributed by atoms with E-state index in [2.05, 4.69) is 5.32 Å². The van der Waals surface area contributed by atoms with Crippen molar-refractivity contribution in [1.29, 1.82) is 0 Å². The number of anilines is 1. The summed E-state index contributed by atoms with van der Waals surface area (Å²) in [6.07, 6.45) is 1.26. The van der Waals surface area contributed by atoms with Crippen LogP contribution in [0.2, 0.25) is 0 Å². The van der Waals surface area contributed by atoms with Gasteiger partial charge in [-0.25, -0.2) is 0 Å². The summed E-state index contributed by atoms with van der Waals surface area (Å²) < 4.78 is 5.64. The number of ether oxygens (including phenoxy) is 1. The van der Waals surface area contributed by atoms with Crippen molar-refractivity contribution in [2.45, 2.75) is 39.2 Å². The van der Waals surface area contributed by atoms with Crippen LogP contribution in [0, 0.1) is 10.8 Å². The van der Waals surface area contributed by atoms with Gasteiger partial charge in [0.15, 0.2) is 5.60 Å². The molecule has 0 radical (unpaired) electrons. The number of hydrogen-bond acceptors (Lipinski definition) is 3. The van der Waals surface area contributed by atoms with E-state index in [1.807, 2.05) is 63.2 Å². The van der Waals surface area contributed by atoms with Crippen LogP contribution >= 0.6 is 0 Å². The van der Waals surface area contributed by atoms with Gasteiger partial charge < -0.3 is 10.1 Å². The van der Waals surface area contributed by atoms with Crippen LogP contribution in [0.25, 0.3) is 10.8 Å². The molecule has 2 fully saturated rings. The Balaban J connectivity index is 1.68. The highest BCUT2D eigenvalue weighted by Crippen LogP contribution is 2.65. The quantitative estimate of drug-likeness (QED) is 0.853. The lowest BCUT2D eigenvalue weighted by Crippen LogP contribution is -2.50. The Bertz CT molecular complexity index is 872. The minimum Gasteiger partial charge on any atom is -0.448 e. The predicted octanol–water partition coefficient (Wildman–Crippen LogP) is 3.90. The Morgan fingerprint density at radius 2 is 1.75 bits per heavy atom. The second-order valence-electron chi connectivity index (χ2n) is 7.69. The van der Waals surface area contributed by atoms with Crippen molar-refractivity contribution in [1.82, 2.24) is 0 Å². The number of rotatable bonds is 2. The van der Waals surface area contributed by atoms with Crippen molar-refractivity contribution >= 4 is 28.3 Å². The zero-order valence-electron chi connectivity index (χ0n) is 14.2. The maximum absolute atomic E-state index is 13.0. The third-order valence-electron chi connectivity index (χ3n) is 6.46. The standard InChI is InChI=1S/C20H21NO3/c1-18(2)19(3)10-11-20(18,24-17(19)23)16(22)21-15-9-8-13-6-4-5-7-14(13)12-15/h4-9,12H,10-11H2,1-3H3,(H,21,22). The van der Waals surface area contributed by atoms with Gasteiger partial charge in [-0.05, 0) is 42.7 Å². The minimum absolute atomic E-state index is 0.225. The molecular weight excluding hydrogens is 302 g/mol. The van der Waals surface area contributed by atoms with Gasteiger partial charge in [0.25, 0.3) is 5.91 Å². The van der Waals surface area contributed by atoms with Crippen LogP contribution in [-0.2, 0) is 14.3 Å². The lowest BCUT2D eigenvalue weighted by molar-refractivity contribution is -0.165. The van der Waals surface area contributed by atoms with Gasteiger partial charge >= 0.3 is 5.97 Å². The van der Waals surface area contributed by atoms with E-state index in [9.17, 15) is 9.59 Å². The van der Waals surface area contributed by atoms with Crippen LogP contribution in [0.3, 0.4) is 0 Å². The number of hydrogen-bond donors (Lipinski definition) is 1. The monoisotopic (exact) mass is 323 g/mol. The average Bonchev–Trinajstić information content (AvgIpc) is 2.85. The molecule has 4 rings (SSSR count). The van der Waals surface area contributed by atoms with Gasteiger partial charge in [-0.3, -0.25) is 9.59 Å². The molecule has 2 bridgehead atoms. The lowest BCUT2D eigenvalue weighted by Gasteiger charge is -2.35. The van der Waals surface area contributed by atoms with Gasteiger partial charge in [-0.2, -0.15) is 0 Å². The van der Waals surface area contributed by atoms with Crippen LogP contribution in [-0.4, -0.2) is 17.5 Å². The summed E-state index contributed by atoms with van der Waals surface area (Å²) in [5.74, 6) is -0.482. The van der Waals surface area contributed by atoms with E-state index in [-0.39, 0.29) is 11.9 Å². The molecule has 1 N–H and O–H groups in total. The van der Waals surface area contributed by atoms with Crippen LogP contribution in [0.4, 0.5) is 5.69 Å². The SMILES string of the molecule is CC12CCC(C(=O)Nc3ccc4ccccc4c3)(OC1=O)C2(C)C. The Hall–Kier alpha value is -2.36. The van der Waals surface area contributed by atoms with Crippen molar-refractivity contribution in [2.75, 3.05) is 5.32 Å². The zero-order valence-corrected chi connectivity index (χ0v) is 14.2. The second-order valence-corrected chi connectivity index (χ2v) is 7.69. The molecule has 1 heterocycles. The molecule has 124 valence electrons. The zero-order chi connectivity index (χ0) is 17.2. The summed E-state index contributed by atoms with van der Waals surface area (Å²) in [5.41, 5.74) is -1.48. The fraction of sp³-hybridized carbons (Fsp3) is 0.400. The summed E-state index contributed by atoms with van der Waals surface area (Å²) in [7, 11) is 0. The number of esters is 1. The van der Waals surface area contributed by atoms with E-state index in [4.69, 9.17) is 4.74 Å². The Morgan fingerprint density at radius 3 is 2.38 bits per heavy atom. The number of benzene rings is 2. The summed E-state index contributed by atoms with van der Waals surface area (Å²) in [6.45, 7) is 5.84. The maximum atomic E-state index is 13.0. The molecule has 1 aliphatic heterocycles. The summed E-state index contributed by atoms with van der Waals surface area (Å²) in [6, 6.07) is 13.8. The highest BCUT2D eigenvalue weighted by molar-refractivity contribution is 6.04. The molecule has 1 aliphatic carbocycles. The summed E-state index contributed by atoms with van der Waals surface area (Å²) >= 11 is 0. The minimum atomic E-state index is -1.08. The van der Waals surface area contributed by atoms with E-state index >= 15 is 0 Å². The predicted molar refractivity (Wildman–Crippen MR) is 92.5 cm³/mol. The molecule has 4 heteroatoms. The van der Waals surface area contributed by atoms with E-state index in [0.29, 0.717) is 12.8 Å². The second kappa shape index (κ2) is 4.59. The van der Waals surface area contributed by atoms with E-state index in [1.54, 1.807) is 0 Å². The molecule has 24 heavy (non-hydrogen) atoms. The van der Waals surface area contributed by atoms with Crippen LogP contribution in [0.15, 0.2) is 42.5 Å². The Labute approximate surface area is 141 Å². The van der Waals surface area contributed by atoms with E-state index in [0.717, 1.165) is 16.5 Å². The normalized spacial score (nSPS) is 30.4. The topological polar surface area (TPSA) is 55.4 Å². The largest absolute Gasteiger partial charge is 0.448 e. The molecule has 2 aromatic carbocycles. The van der Waals surface area contributed by atoms with Crippen LogP contribution < -0.4 is 5.32 Å². The number of nitrogens with one attached hydrogen (secondary N) is 1. The van der Waals surface area contributed by atoms with Crippen molar-refractivity contribution in [2.24, 2.45) is 10.8 Å². The van der Waals surface area contributed by atoms with Crippen molar-refractivity contribution < 1.29 is 14.3 Å². The third kappa shape index (κ3) is 1.68. The number of carbonyl (C=O) groups is 2. The highest BCUT2D eigenvalue weighted by atomic mass is 16.6. The van der Waals surface area contributed by atoms with Gasteiger partial charge in [-0.15, -0.1) is 0 Å². The first-order valence-electron chi connectivity index (χ1n) is 8.34. The van der Waals surface area contributed by atoms with Crippen LogP contribution in [0.5, 0.6) is 0 Å². The third-order valence-corrected chi connectivity index (χ3v) is 6.46. The van der Waals surface area contributed by atoms with Crippen molar-refractivity contribution in [3.63, 3.8) is 0 Å². The average molecular weight is 323 g/mol. The molecule has 1 saturated carbocycles. The molecule has 1 saturated heterocycles. The Kier molecular flexibility index (Phi) is 2.91. The first-order chi connectivity index (χ1) is 11.3. The van der Waals surface area contributed by atoms with Crippen molar-refractivity contribution in [3.8, 4) is 0 Å². The first-order valence-corrected chi connectivity index (χ1v) is 8.34. The molecule has 0 spiro atoms. The van der Waals surface area contributed by atoms with Crippen molar-refractivity contribution in [3.05, 3.63) is 42.5 Å². The molecule has 2 atom stereocenters. The van der Waals surface area contributed by atoms with Crippen LogP contribution in [0.1, 0.15) is 33.6 Å². The van der Waals surface area contributed by atoms with Gasteiger partial charge in [0.2, 0.25) is 0 Å². The summed E-state index contributed by atoms with van der Waals surface area (Å²) in [5, 5.41) is 5.15. The van der Waals surface area contributed by atoms with Gasteiger partial charge in [0.05, 0.1) is 5.41 Å². The molecule has 2 aliphatic rings. The molecule has 1 amide bonds. The Morgan fingerprint density at radius 1 is 1.04 bits per heavy atom. The smallest absolute Gasteiger partial charge is 0.313 e. The first kappa shape index (κ1) is 15.2. The molecule has 2 unspecified atom stereocenters. The number of fused-ring (bicyclic) bond motifs is 3. The molecular formula is C20H21NO3. The maximum Gasteiger partial charge on any atom is 0.313 e. The van der Waals surface area contributed by atoms with E-state index in [1.165, 1.54) is 0 Å². The molecule has 4 nitrogen and oxygen atoms in total. The fourth-order valence-electron chi connectivity index (χ4n) is 4.25. The highest BCUT2D eigenvalue weighted by Gasteiger charge is 2.75. The molecule has 2 aromatic rings. The van der Waals surface area contributed by atoms with Gasteiger partial charge in [0.1, 0.15) is 0 Å². The number of carbonyl (C=O) groups excluding carboxylic acids is 2. The fourth-order valence-corrected chi connectivity index (χ4v) is 4.25. The lowest BCUT2D eigenvalue weighted by atomic mass is 9.66. The number of amides is 1. The van der Waals surface area contributed by atoms with Gasteiger partial charge in [-0.1, -0.05) is 44.2 Å². The molecule has 0 aromatic heterocycles. The van der Waals surface area contributed by atoms with E-state index < -0.39 is 16.4 Å².